The summed E-state index contributed by atoms with van der Waals surface area (Å²) in [5.41, 5.74) is 4.33. The maximum absolute atomic E-state index is 8.58. The second kappa shape index (κ2) is 51.2. The highest BCUT2D eigenvalue weighted by Crippen LogP contribution is 2.36. The van der Waals surface area contributed by atoms with E-state index in [9.17, 15) is 0 Å². The molecule has 0 spiro atoms. The Morgan fingerprint density at radius 3 is 0.938 bits per heavy atom. The number of amides is 1. The first kappa shape index (κ1) is 68.6. The van der Waals surface area contributed by atoms with Gasteiger partial charge in [-0.3, -0.25) is 4.79 Å². The second-order valence-corrected chi connectivity index (χ2v) is 22.9. The molecule has 0 aliphatic heterocycles. The molecular formula is C60H125NO4. The van der Waals surface area contributed by atoms with Crippen LogP contribution in [0.25, 0.3) is 0 Å². The number of methoxy groups -OCH3 is 2. The molecule has 0 saturated carbocycles. The van der Waals surface area contributed by atoms with E-state index in [4.69, 9.17) is 19.0 Å². The number of carbonyl (C=O) groups is 1. The molecule has 394 valence electrons. The Morgan fingerprint density at radius 1 is 0.446 bits per heavy atom. The molecule has 0 aromatic rings. The zero-order chi connectivity index (χ0) is 49.2. The predicted molar refractivity (Wildman–Crippen MR) is 291 cm³/mol. The number of hydrogen-bond donors (Lipinski definition) is 1. The minimum Gasteiger partial charge on any atom is -0.381 e. The Bertz CT molecular complexity index is 862. The van der Waals surface area contributed by atoms with Crippen molar-refractivity contribution in [2.24, 2.45) is 17.1 Å². The Balaban J connectivity index is -0.00000145. The van der Waals surface area contributed by atoms with Crippen LogP contribution in [0.3, 0.4) is 0 Å². The molecule has 0 fully saturated rings. The quantitative estimate of drug-likeness (QED) is 0.0488. The third kappa shape index (κ3) is 59.4. The van der Waals surface area contributed by atoms with E-state index in [2.05, 4.69) is 75.0 Å². The normalized spacial score (nSPS) is 12.1. The van der Waals surface area contributed by atoms with E-state index in [0.29, 0.717) is 11.5 Å². The summed E-state index contributed by atoms with van der Waals surface area (Å²) in [6.07, 6.45) is 59.0. The number of primary amides is 1. The first-order chi connectivity index (χ1) is 31.2. The number of hydrogen-bond acceptors (Lipinski definition) is 4. The van der Waals surface area contributed by atoms with Crippen molar-refractivity contribution >= 4 is 6.41 Å². The molecule has 0 heterocycles. The van der Waals surface area contributed by atoms with Gasteiger partial charge in [-0.15, -0.1) is 0 Å². The second-order valence-electron chi connectivity index (χ2n) is 22.9. The molecule has 0 atom stereocenters. The fourth-order valence-corrected chi connectivity index (χ4v) is 9.98. The Morgan fingerprint density at radius 2 is 0.708 bits per heavy atom. The fraction of sp³-hybridized carbons (Fsp3) is 0.983. The van der Waals surface area contributed by atoms with Crippen molar-refractivity contribution in [3.8, 4) is 0 Å². The molecule has 0 aromatic carbocycles. The molecule has 0 saturated heterocycles. The van der Waals surface area contributed by atoms with Crippen molar-refractivity contribution in [3.05, 3.63) is 0 Å². The molecule has 0 radical (unpaired) electrons. The van der Waals surface area contributed by atoms with Gasteiger partial charge >= 0.3 is 0 Å². The standard InChI is InChI=1S/C42H86O.C17H36O2.CH3NO/c1-4-6-8-10-12-14-16-18-20-22-24-26-28-30-32-34-36-38-40-42(43-3)41-39-37-35-33-31-29-27-25-23-21-19-17-15-13-11-9-7-5-2;1-14(2)12-15(3,4)13-17(7,8)19-11-10-16(5,6)18-9;2-1-3/h42H,4-41H2,1-3H3;14H,10-13H2,1-9H3;1H,(H2,2,3). The minimum absolute atomic E-state index is 0.0673. The summed E-state index contributed by atoms with van der Waals surface area (Å²) in [6, 6.07) is 0. The van der Waals surface area contributed by atoms with Gasteiger partial charge in [0.1, 0.15) is 0 Å². The molecule has 65 heavy (non-hydrogen) atoms. The highest BCUT2D eigenvalue weighted by Gasteiger charge is 2.30. The Hall–Kier alpha value is -0.650. The molecule has 0 bridgehead atoms. The van der Waals surface area contributed by atoms with E-state index < -0.39 is 0 Å². The zero-order valence-corrected chi connectivity index (χ0v) is 47.1. The average molecular weight is 925 g/mol. The first-order valence-electron chi connectivity index (χ1n) is 29.0. The van der Waals surface area contributed by atoms with E-state index in [1.54, 1.807) is 7.11 Å². The van der Waals surface area contributed by atoms with Gasteiger partial charge in [-0.2, -0.15) is 0 Å². The van der Waals surface area contributed by atoms with E-state index in [-0.39, 0.29) is 17.6 Å². The van der Waals surface area contributed by atoms with Crippen molar-refractivity contribution < 1.29 is 19.0 Å². The van der Waals surface area contributed by atoms with Gasteiger partial charge in [0.05, 0.1) is 23.9 Å². The maximum Gasteiger partial charge on any atom is 0.204 e. The first-order valence-corrected chi connectivity index (χ1v) is 29.0. The van der Waals surface area contributed by atoms with Gasteiger partial charge in [0.2, 0.25) is 6.41 Å². The van der Waals surface area contributed by atoms with Gasteiger partial charge in [0.15, 0.2) is 0 Å². The Kier molecular flexibility index (Phi) is 54.1. The number of rotatable bonds is 48. The molecule has 2 N–H and O–H groups in total. The molecule has 5 nitrogen and oxygen atoms in total. The van der Waals surface area contributed by atoms with Crippen LogP contribution < -0.4 is 5.73 Å². The van der Waals surface area contributed by atoms with Gasteiger partial charge < -0.3 is 19.9 Å². The molecule has 1 amide bonds. The third-order valence-corrected chi connectivity index (χ3v) is 13.7. The number of carbonyl (C=O) groups excluding carboxylic acids is 1. The zero-order valence-electron chi connectivity index (χ0n) is 47.1. The fourth-order valence-electron chi connectivity index (χ4n) is 9.98. The van der Waals surface area contributed by atoms with E-state index in [1.807, 2.05) is 7.11 Å². The topological polar surface area (TPSA) is 70.8 Å². The van der Waals surface area contributed by atoms with Crippen LogP contribution in [0, 0.1) is 11.3 Å². The van der Waals surface area contributed by atoms with E-state index >= 15 is 0 Å². The maximum atomic E-state index is 8.58. The lowest BCUT2D eigenvalue weighted by Crippen LogP contribution is -2.34. The van der Waals surface area contributed by atoms with E-state index in [1.165, 1.54) is 250 Å². The highest BCUT2D eigenvalue weighted by molar-refractivity contribution is 5.42. The summed E-state index contributed by atoms with van der Waals surface area (Å²) in [5, 5.41) is 0. The van der Waals surface area contributed by atoms with Crippen LogP contribution in [0.4, 0.5) is 0 Å². The third-order valence-electron chi connectivity index (χ3n) is 13.7. The van der Waals surface area contributed by atoms with Crippen molar-refractivity contribution in [1.29, 1.82) is 0 Å². The number of unbranched alkanes of at least 4 members (excludes halogenated alkanes) is 34. The monoisotopic (exact) mass is 924 g/mol. The van der Waals surface area contributed by atoms with Crippen LogP contribution in [-0.4, -0.2) is 44.5 Å². The molecule has 5 heteroatoms. The average Bonchev–Trinajstić information content (AvgIpc) is 3.24. The van der Waals surface area contributed by atoms with Gasteiger partial charge in [-0.25, -0.2) is 0 Å². The SMILES string of the molecule is CCCCCCCCCCCCCCCCCCCCC(CCCCCCCCCCCCCCCCCCCC)OC.COC(C)(C)CCOC(C)(C)CC(C)(C)CC(C)C.NC=O. The predicted octanol–water partition coefficient (Wildman–Crippen LogP) is 20.0. The summed E-state index contributed by atoms with van der Waals surface area (Å²) in [6.45, 7) is 23.2. The van der Waals surface area contributed by atoms with Crippen molar-refractivity contribution in [2.75, 3.05) is 20.8 Å². The van der Waals surface area contributed by atoms with Crippen LogP contribution in [0.1, 0.15) is 332 Å². The largest absolute Gasteiger partial charge is 0.381 e. The Labute approximate surface area is 411 Å². The van der Waals surface area contributed by atoms with Crippen LogP contribution >= 0.6 is 0 Å². The van der Waals surface area contributed by atoms with E-state index in [0.717, 1.165) is 25.4 Å². The molecule has 0 rings (SSSR count). The smallest absolute Gasteiger partial charge is 0.204 e. The number of nitrogens with two attached hydrogens (primary N) is 1. The lowest BCUT2D eigenvalue weighted by molar-refractivity contribution is -0.106. The summed E-state index contributed by atoms with van der Waals surface area (Å²) >= 11 is 0. The summed E-state index contributed by atoms with van der Waals surface area (Å²) in [5.74, 6) is 0.734. The molecule has 0 aliphatic rings. The van der Waals surface area contributed by atoms with Crippen molar-refractivity contribution in [2.45, 2.75) is 350 Å². The minimum atomic E-state index is -0.0937. The molecule has 0 unspecified atom stereocenters. The van der Waals surface area contributed by atoms with Gasteiger partial charge in [-0.1, -0.05) is 273 Å². The van der Waals surface area contributed by atoms with Crippen molar-refractivity contribution in [3.63, 3.8) is 0 Å². The summed E-state index contributed by atoms with van der Waals surface area (Å²) in [4.78, 5) is 8.58. The van der Waals surface area contributed by atoms with Crippen LogP contribution in [-0.2, 0) is 19.0 Å². The van der Waals surface area contributed by atoms with Crippen LogP contribution in [0.5, 0.6) is 0 Å². The van der Waals surface area contributed by atoms with Crippen LogP contribution in [0.2, 0.25) is 0 Å². The van der Waals surface area contributed by atoms with Gasteiger partial charge in [0, 0.05) is 14.2 Å². The molecule has 0 aromatic heterocycles. The van der Waals surface area contributed by atoms with Gasteiger partial charge in [-0.05, 0) is 71.1 Å². The molecule has 0 aliphatic carbocycles. The van der Waals surface area contributed by atoms with Crippen LogP contribution in [0.15, 0.2) is 0 Å². The summed E-state index contributed by atoms with van der Waals surface area (Å²) in [7, 11) is 3.70. The lowest BCUT2D eigenvalue weighted by atomic mass is 9.76. The highest BCUT2D eigenvalue weighted by atomic mass is 16.5. The lowest BCUT2D eigenvalue weighted by Gasteiger charge is -2.36. The van der Waals surface area contributed by atoms with Crippen molar-refractivity contribution in [1.82, 2.24) is 0 Å². The molecular weight excluding hydrogens is 799 g/mol. The van der Waals surface area contributed by atoms with Gasteiger partial charge in [0.25, 0.3) is 0 Å². The summed E-state index contributed by atoms with van der Waals surface area (Å²) < 4.78 is 17.3. The number of ether oxygens (including phenoxy) is 3.